The maximum atomic E-state index is 12.9. The minimum Gasteiger partial charge on any atom is -0.369 e. The van der Waals surface area contributed by atoms with Gasteiger partial charge in [0.15, 0.2) is 0 Å². The first-order chi connectivity index (χ1) is 16.0. The van der Waals surface area contributed by atoms with Crippen LogP contribution >= 0.6 is 23.2 Å². The SMILES string of the molecule is CC1CC(C)(C)N(C)c2cc(Cl)c(/C=C3/NC(=O)N(CC(=O)Nc4ccc(Cl)cc4)C3=O)cc21. The maximum Gasteiger partial charge on any atom is 0.329 e. The van der Waals surface area contributed by atoms with Crippen LogP contribution in [0.2, 0.25) is 10.0 Å². The Morgan fingerprint density at radius 1 is 1.21 bits per heavy atom. The summed E-state index contributed by atoms with van der Waals surface area (Å²) in [5.41, 5.74) is 3.41. The fourth-order valence-corrected chi connectivity index (χ4v) is 4.80. The lowest BCUT2D eigenvalue weighted by atomic mass is 9.80. The Kier molecular flexibility index (Phi) is 6.36. The molecule has 0 saturated carbocycles. The number of amides is 4. The van der Waals surface area contributed by atoms with E-state index in [-0.39, 0.29) is 11.2 Å². The molecule has 4 amide bonds. The van der Waals surface area contributed by atoms with Gasteiger partial charge in [-0.1, -0.05) is 30.1 Å². The minimum atomic E-state index is -0.661. The van der Waals surface area contributed by atoms with E-state index in [9.17, 15) is 14.4 Å². The molecule has 178 valence electrons. The monoisotopic (exact) mass is 500 g/mol. The average molecular weight is 501 g/mol. The fourth-order valence-electron chi connectivity index (χ4n) is 4.46. The summed E-state index contributed by atoms with van der Waals surface area (Å²) < 4.78 is 0. The summed E-state index contributed by atoms with van der Waals surface area (Å²) in [6.45, 7) is 6.14. The zero-order chi connectivity index (χ0) is 24.8. The van der Waals surface area contributed by atoms with E-state index in [1.165, 1.54) is 0 Å². The highest BCUT2D eigenvalue weighted by atomic mass is 35.5. The van der Waals surface area contributed by atoms with Crippen LogP contribution in [0.4, 0.5) is 16.2 Å². The number of fused-ring (bicyclic) bond motifs is 1. The van der Waals surface area contributed by atoms with Gasteiger partial charge in [0.25, 0.3) is 5.91 Å². The van der Waals surface area contributed by atoms with Gasteiger partial charge >= 0.3 is 6.03 Å². The van der Waals surface area contributed by atoms with Crippen molar-refractivity contribution in [1.29, 1.82) is 0 Å². The molecular formula is C25H26Cl2N4O3. The summed E-state index contributed by atoms with van der Waals surface area (Å²) in [7, 11) is 2.05. The van der Waals surface area contributed by atoms with Crippen LogP contribution in [0.15, 0.2) is 42.1 Å². The Balaban J connectivity index is 1.54. The molecule has 1 fully saturated rings. The Hall–Kier alpha value is -3.03. The van der Waals surface area contributed by atoms with E-state index in [1.807, 2.05) is 19.2 Å². The highest BCUT2D eigenvalue weighted by Crippen LogP contribution is 2.44. The third kappa shape index (κ3) is 4.63. The molecule has 2 aromatic carbocycles. The topological polar surface area (TPSA) is 81.8 Å². The van der Waals surface area contributed by atoms with Crippen molar-refractivity contribution in [3.63, 3.8) is 0 Å². The molecule has 1 atom stereocenters. The Bertz CT molecular complexity index is 1210. The van der Waals surface area contributed by atoms with Crippen LogP contribution in [0.25, 0.3) is 6.08 Å². The van der Waals surface area contributed by atoms with Gasteiger partial charge in [-0.2, -0.15) is 0 Å². The number of hydrogen-bond acceptors (Lipinski definition) is 4. The normalized spacial score (nSPS) is 20.4. The van der Waals surface area contributed by atoms with Crippen LogP contribution in [0.5, 0.6) is 0 Å². The van der Waals surface area contributed by atoms with Crippen LogP contribution in [0, 0.1) is 0 Å². The molecule has 0 radical (unpaired) electrons. The van der Waals surface area contributed by atoms with E-state index < -0.39 is 24.4 Å². The summed E-state index contributed by atoms with van der Waals surface area (Å²) in [5, 5.41) is 6.21. The minimum absolute atomic E-state index is 0.00178. The van der Waals surface area contributed by atoms with E-state index in [1.54, 1.807) is 30.3 Å². The summed E-state index contributed by atoms with van der Waals surface area (Å²) in [5.74, 6) is -0.785. The second-order valence-corrected chi connectivity index (χ2v) is 10.2. The van der Waals surface area contributed by atoms with Crippen molar-refractivity contribution in [3.05, 3.63) is 63.3 Å². The van der Waals surface area contributed by atoms with Crippen LogP contribution in [-0.2, 0) is 9.59 Å². The standard InChI is InChI=1S/C25H26Cl2N4O3/c1-14-12-25(2,3)30(4)21-11-19(27)15(9-18(14)21)10-20-23(33)31(24(34)29-20)13-22(32)28-17-7-5-16(26)6-8-17/h5-11,14H,12-13H2,1-4H3,(H,28,32)(H,29,34)/b20-10+. The average Bonchev–Trinajstić information content (AvgIpc) is 3.02. The molecule has 0 aliphatic carbocycles. The van der Waals surface area contributed by atoms with Crippen molar-refractivity contribution in [2.45, 2.75) is 38.6 Å². The number of urea groups is 1. The van der Waals surface area contributed by atoms with Gasteiger partial charge in [0.1, 0.15) is 12.2 Å². The summed E-state index contributed by atoms with van der Waals surface area (Å²) in [6, 6.07) is 9.74. The van der Waals surface area contributed by atoms with Gasteiger partial charge in [-0.05, 0) is 79.8 Å². The first-order valence-electron chi connectivity index (χ1n) is 10.9. The van der Waals surface area contributed by atoms with Gasteiger partial charge in [0.05, 0.1) is 0 Å². The van der Waals surface area contributed by atoms with E-state index in [0.29, 0.717) is 27.2 Å². The lowest BCUT2D eigenvalue weighted by Gasteiger charge is -2.45. The largest absolute Gasteiger partial charge is 0.369 e. The van der Waals surface area contributed by atoms with Gasteiger partial charge < -0.3 is 15.5 Å². The summed E-state index contributed by atoms with van der Waals surface area (Å²) in [4.78, 5) is 40.8. The van der Waals surface area contributed by atoms with Crippen LogP contribution < -0.4 is 15.5 Å². The van der Waals surface area contributed by atoms with Crippen molar-refractivity contribution >= 4 is 58.5 Å². The molecule has 9 heteroatoms. The van der Waals surface area contributed by atoms with Crippen molar-refractivity contribution in [1.82, 2.24) is 10.2 Å². The lowest BCUT2D eigenvalue weighted by molar-refractivity contribution is -0.127. The van der Waals surface area contributed by atoms with Crippen molar-refractivity contribution in [2.75, 3.05) is 23.8 Å². The number of nitrogens with zero attached hydrogens (tertiary/aromatic N) is 2. The molecule has 2 aromatic rings. The highest BCUT2D eigenvalue weighted by molar-refractivity contribution is 6.32. The molecule has 1 saturated heterocycles. The Morgan fingerprint density at radius 2 is 1.88 bits per heavy atom. The third-order valence-electron chi connectivity index (χ3n) is 6.44. The predicted molar refractivity (Wildman–Crippen MR) is 135 cm³/mol. The third-order valence-corrected chi connectivity index (χ3v) is 7.02. The molecule has 1 unspecified atom stereocenters. The molecule has 34 heavy (non-hydrogen) atoms. The van der Waals surface area contributed by atoms with Crippen molar-refractivity contribution in [2.24, 2.45) is 0 Å². The fraction of sp³-hybridized carbons (Fsp3) is 0.320. The maximum absolute atomic E-state index is 12.9. The van der Waals surface area contributed by atoms with Gasteiger partial charge in [0, 0.05) is 34.0 Å². The first kappa shape index (κ1) is 24.1. The zero-order valence-electron chi connectivity index (χ0n) is 19.4. The van der Waals surface area contributed by atoms with Gasteiger partial charge in [-0.3, -0.25) is 9.59 Å². The number of benzene rings is 2. The molecule has 0 aromatic heterocycles. The Labute approximate surface area is 208 Å². The van der Waals surface area contributed by atoms with Crippen molar-refractivity contribution in [3.8, 4) is 0 Å². The number of hydrogen-bond donors (Lipinski definition) is 2. The molecule has 7 nitrogen and oxygen atoms in total. The quantitative estimate of drug-likeness (QED) is 0.443. The molecule has 4 rings (SSSR count). The molecule has 2 heterocycles. The molecule has 2 aliphatic rings. The molecule has 0 bridgehead atoms. The van der Waals surface area contributed by atoms with Crippen LogP contribution in [0.3, 0.4) is 0 Å². The van der Waals surface area contributed by atoms with Crippen molar-refractivity contribution < 1.29 is 14.4 Å². The number of anilines is 2. The molecular weight excluding hydrogens is 475 g/mol. The molecule has 2 aliphatic heterocycles. The number of carbonyl (C=O) groups excluding carboxylic acids is 3. The second kappa shape index (κ2) is 8.96. The smallest absolute Gasteiger partial charge is 0.329 e. The molecule has 0 spiro atoms. The number of halogens is 2. The summed E-state index contributed by atoms with van der Waals surface area (Å²) in [6.07, 6.45) is 2.53. The van der Waals surface area contributed by atoms with Crippen LogP contribution in [-0.4, -0.2) is 41.9 Å². The van der Waals surface area contributed by atoms with E-state index >= 15 is 0 Å². The zero-order valence-corrected chi connectivity index (χ0v) is 20.9. The number of nitrogens with one attached hydrogen (secondary N) is 2. The molecule has 2 N–H and O–H groups in total. The number of imide groups is 1. The van der Waals surface area contributed by atoms with Gasteiger partial charge in [-0.25, -0.2) is 9.69 Å². The van der Waals surface area contributed by atoms with Gasteiger partial charge in [0.2, 0.25) is 5.91 Å². The second-order valence-electron chi connectivity index (χ2n) is 9.34. The van der Waals surface area contributed by atoms with E-state index in [0.717, 1.165) is 22.6 Å². The van der Waals surface area contributed by atoms with E-state index in [2.05, 4.69) is 36.3 Å². The van der Waals surface area contributed by atoms with Crippen LogP contribution in [0.1, 0.15) is 44.2 Å². The van der Waals surface area contributed by atoms with Gasteiger partial charge in [-0.15, -0.1) is 0 Å². The number of rotatable bonds is 4. The number of carbonyl (C=O) groups is 3. The highest BCUT2D eigenvalue weighted by Gasteiger charge is 2.36. The van der Waals surface area contributed by atoms with E-state index in [4.69, 9.17) is 23.2 Å². The lowest BCUT2D eigenvalue weighted by Crippen LogP contribution is -2.45. The predicted octanol–water partition coefficient (Wildman–Crippen LogP) is 5.25. The summed E-state index contributed by atoms with van der Waals surface area (Å²) >= 11 is 12.4. The Morgan fingerprint density at radius 3 is 2.56 bits per heavy atom. The first-order valence-corrected chi connectivity index (χ1v) is 11.7.